The van der Waals surface area contributed by atoms with Crippen LogP contribution < -0.4 is 20.5 Å². The first-order valence-corrected chi connectivity index (χ1v) is 12.4. The van der Waals surface area contributed by atoms with E-state index in [1.807, 2.05) is 12.1 Å². The summed E-state index contributed by atoms with van der Waals surface area (Å²) in [7, 11) is 0. The van der Waals surface area contributed by atoms with Crippen molar-refractivity contribution >= 4 is 51.3 Å². The van der Waals surface area contributed by atoms with Gasteiger partial charge in [-0.2, -0.15) is 0 Å². The molecule has 0 unspecified atom stereocenters. The Hall–Kier alpha value is -1.79. The highest BCUT2D eigenvalue weighted by atomic mass is 127. The molecule has 0 bridgehead atoms. The van der Waals surface area contributed by atoms with E-state index >= 15 is 0 Å². The van der Waals surface area contributed by atoms with Gasteiger partial charge in [-0.05, 0) is 66.6 Å². The monoisotopic (exact) mass is 554 g/mol. The number of hydrogen-bond donors (Lipinski definition) is 2. The summed E-state index contributed by atoms with van der Waals surface area (Å²) >= 11 is 3.91. The first-order chi connectivity index (χ1) is 15.0. The second kappa shape index (κ2) is 10.2. The molecule has 0 spiro atoms. The van der Waals surface area contributed by atoms with Crippen molar-refractivity contribution in [1.82, 2.24) is 24.8 Å². The van der Waals surface area contributed by atoms with Gasteiger partial charge in [-0.1, -0.05) is 25.6 Å². The third-order valence-electron chi connectivity index (χ3n) is 4.86. The zero-order valence-corrected chi connectivity index (χ0v) is 20.7. The summed E-state index contributed by atoms with van der Waals surface area (Å²) in [6, 6.07) is 4.04. The lowest BCUT2D eigenvalue weighted by Gasteiger charge is -2.19. The number of ether oxygens (including phenoxy) is 2. The fraction of sp³-hybridized carbons (Fsp3) is 0.476. The van der Waals surface area contributed by atoms with Crippen molar-refractivity contribution < 1.29 is 9.47 Å². The molecule has 0 saturated carbocycles. The van der Waals surface area contributed by atoms with Gasteiger partial charge in [0.1, 0.15) is 19.5 Å². The van der Waals surface area contributed by atoms with Crippen molar-refractivity contribution in [2.75, 3.05) is 32.0 Å². The number of anilines is 1. The van der Waals surface area contributed by atoms with Gasteiger partial charge in [0.05, 0.1) is 0 Å². The average molecular weight is 554 g/mol. The minimum absolute atomic E-state index is 0.404. The molecule has 1 aromatic carbocycles. The second-order valence-corrected chi connectivity index (χ2v) is 9.98. The van der Waals surface area contributed by atoms with Crippen LogP contribution >= 0.6 is 34.4 Å². The molecule has 3 heterocycles. The maximum atomic E-state index is 6.09. The smallest absolute Gasteiger partial charge is 0.175 e. The summed E-state index contributed by atoms with van der Waals surface area (Å²) in [6.07, 6.45) is 3.60. The van der Waals surface area contributed by atoms with Crippen molar-refractivity contribution in [1.29, 1.82) is 0 Å². The van der Waals surface area contributed by atoms with E-state index in [1.54, 1.807) is 11.8 Å². The number of unbranched alkanes of at least 4 members (excludes halogenated alkanes) is 1. The van der Waals surface area contributed by atoms with Gasteiger partial charge in [0.2, 0.25) is 0 Å². The van der Waals surface area contributed by atoms with Crippen LogP contribution in [0.25, 0.3) is 11.2 Å². The molecular formula is C21H27IN6O2S. The number of halogens is 1. The Balaban J connectivity index is 1.56. The van der Waals surface area contributed by atoms with Crippen molar-refractivity contribution in [2.24, 2.45) is 5.92 Å². The van der Waals surface area contributed by atoms with Gasteiger partial charge >= 0.3 is 0 Å². The molecule has 0 amide bonds. The van der Waals surface area contributed by atoms with E-state index in [9.17, 15) is 0 Å². The Labute approximate surface area is 199 Å². The molecule has 4 rings (SSSR count). The summed E-state index contributed by atoms with van der Waals surface area (Å²) < 4.78 is 14.7. The molecule has 1 aliphatic heterocycles. The SMILES string of the molecule is CC(C)CNCCCCn1c(Sc2cc3c(cc2I)OCCO3)nc2c(N)ncnc21. The third-order valence-corrected chi connectivity index (χ3v) is 7.17. The molecule has 0 aliphatic carbocycles. The molecule has 0 saturated heterocycles. The molecule has 8 nitrogen and oxygen atoms in total. The van der Waals surface area contributed by atoms with Gasteiger partial charge in [0, 0.05) is 15.0 Å². The van der Waals surface area contributed by atoms with Crippen LogP contribution in [0.4, 0.5) is 5.82 Å². The summed E-state index contributed by atoms with van der Waals surface area (Å²) in [5.41, 5.74) is 7.52. The number of fused-ring (bicyclic) bond motifs is 2. The quantitative estimate of drug-likeness (QED) is 0.303. The van der Waals surface area contributed by atoms with Gasteiger partial charge < -0.3 is 25.1 Å². The minimum atomic E-state index is 0.404. The number of nitrogens with zero attached hydrogens (tertiary/aromatic N) is 4. The largest absolute Gasteiger partial charge is 0.486 e. The lowest BCUT2D eigenvalue weighted by molar-refractivity contribution is 0.171. The zero-order valence-electron chi connectivity index (χ0n) is 17.7. The van der Waals surface area contributed by atoms with Crippen LogP contribution in [-0.4, -0.2) is 45.8 Å². The lowest BCUT2D eigenvalue weighted by atomic mass is 10.2. The van der Waals surface area contributed by atoms with Gasteiger partial charge in [-0.3, -0.25) is 0 Å². The molecule has 31 heavy (non-hydrogen) atoms. The molecule has 3 aromatic rings. The lowest BCUT2D eigenvalue weighted by Crippen LogP contribution is -2.21. The third kappa shape index (κ3) is 5.35. The standard InChI is InChI=1S/C21H27IN6O2S/c1-13(2)11-24-5-3-4-6-28-20-18(19(23)25-12-26-20)27-21(28)31-17-10-16-15(9-14(17)22)29-7-8-30-16/h9-10,12-13,24H,3-8,11H2,1-2H3,(H2,23,25,26). The molecule has 166 valence electrons. The zero-order chi connectivity index (χ0) is 21.8. The van der Waals surface area contributed by atoms with Crippen LogP contribution in [0, 0.1) is 9.49 Å². The first kappa shape index (κ1) is 22.4. The first-order valence-electron chi connectivity index (χ1n) is 10.5. The van der Waals surface area contributed by atoms with E-state index in [2.05, 4.69) is 56.3 Å². The fourth-order valence-corrected chi connectivity index (χ4v) is 5.06. The number of nitrogens with one attached hydrogen (secondary N) is 1. The van der Waals surface area contributed by atoms with Gasteiger partial charge in [0.15, 0.2) is 33.6 Å². The Morgan fingerprint density at radius 3 is 2.74 bits per heavy atom. The molecule has 0 atom stereocenters. The van der Waals surface area contributed by atoms with Crippen LogP contribution in [0.1, 0.15) is 26.7 Å². The summed E-state index contributed by atoms with van der Waals surface area (Å²) in [5, 5.41) is 4.35. The van der Waals surface area contributed by atoms with Gasteiger partial charge in [0.25, 0.3) is 0 Å². The van der Waals surface area contributed by atoms with Crippen molar-refractivity contribution in [3.05, 3.63) is 22.0 Å². The molecule has 0 fully saturated rings. The summed E-state index contributed by atoms with van der Waals surface area (Å²) in [5.74, 6) is 2.62. The summed E-state index contributed by atoms with van der Waals surface area (Å²) in [4.78, 5) is 14.4. The van der Waals surface area contributed by atoms with E-state index in [0.29, 0.717) is 30.5 Å². The highest BCUT2D eigenvalue weighted by molar-refractivity contribution is 14.1. The number of hydrogen-bond acceptors (Lipinski definition) is 8. The molecule has 0 radical (unpaired) electrons. The van der Waals surface area contributed by atoms with Crippen molar-refractivity contribution in [2.45, 2.75) is 43.3 Å². The summed E-state index contributed by atoms with van der Waals surface area (Å²) in [6.45, 7) is 8.45. The highest BCUT2D eigenvalue weighted by Crippen LogP contribution is 2.40. The number of nitrogen functional groups attached to an aromatic ring is 1. The van der Waals surface area contributed by atoms with E-state index in [-0.39, 0.29) is 0 Å². The molecule has 2 aromatic heterocycles. The van der Waals surface area contributed by atoms with Crippen LogP contribution in [0.2, 0.25) is 0 Å². The average Bonchev–Trinajstić information content (AvgIpc) is 3.09. The van der Waals surface area contributed by atoms with E-state index in [4.69, 9.17) is 20.2 Å². The topological polar surface area (TPSA) is 100 Å². The Bertz CT molecular complexity index is 1060. The highest BCUT2D eigenvalue weighted by Gasteiger charge is 2.20. The van der Waals surface area contributed by atoms with Crippen molar-refractivity contribution in [3.63, 3.8) is 0 Å². The maximum absolute atomic E-state index is 6.09. The number of nitrogens with two attached hydrogens (primary N) is 1. The van der Waals surface area contributed by atoms with Crippen LogP contribution in [0.3, 0.4) is 0 Å². The van der Waals surface area contributed by atoms with Crippen LogP contribution in [-0.2, 0) is 6.54 Å². The number of aromatic nitrogens is 4. The normalized spacial score (nSPS) is 13.3. The van der Waals surface area contributed by atoms with E-state index < -0.39 is 0 Å². The number of benzene rings is 1. The van der Waals surface area contributed by atoms with E-state index in [1.165, 1.54) is 6.33 Å². The predicted molar refractivity (Wildman–Crippen MR) is 131 cm³/mol. The number of rotatable bonds is 9. The second-order valence-electron chi connectivity index (χ2n) is 7.81. The fourth-order valence-electron chi connectivity index (χ4n) is 3.35. The molecule has 3 N–H and O–H groups in total. The Morgan fingerprint density at radius 1 is 1.19 bits per heavy atom. The Morgan fingerprint density at radius 2 is 1.97 bits per heavy atom. The number of imidazole rings is 1. The van der Waals surface area contributed by atoms with Crippen LogP contribution in [0.5, 0.6) is 11.5 Å². The van der Waals surface area contributed by atoms with Crippen molar-refractivity contribution in [3.8, 4) is 11.5 Å². The molecule has 10 heteroatoms. The van der Waals surface area contributed by atoms with Crippen LogP contribution in [0.15, 0.2) is 28.5 Å². The molecule has 1 aliphatic rings. The van der Waals surface area contributed by atoms with E-state index in [0.717, 1.165) is 63.2 Å². The van der Waals surface area contributed by atoms with Gasteiger partial charge in [-0.25, -0.2) is 15.0 Å². The minimum Gasteiger partial charge on any atom is -0.486 e. The predicted octanol–water partition coefficient (Wildman–Crippen LogP) is 3.96. The number of aryl methyl sites for hydroxylation is 1. The Kier molecular flexibility index (Phi) is 7.39. The molecular weight excluding hydrogens is 527 g/mol. The maximum Gasteiger partial charge on any atom is 0.175 e. The van der Waals surface area contributed by atoms with Gasteiger partial charge in [-0.15, -0.1) is 0 Å².